The Labute approximate surface area is 244 Å². The first kappa shape index (κ1) is 30.7. The minimum atomic E-state index is -0.452. The average molecular weight is 563 g/mol. The maximum Gasteiger partial charge on any atom is 0.307 e. The number of anilines is 2. The molecule has 9 nitrogen and oxygen atoms in total. The number of carbonyl (C=O) groups excluding carboxylic acids is 1. The molecule has 3 heterocycles. The smallest absolute Gasteiger partial charge is 0.307 e. The third kappa shape index (κ3) is 9.14. The lowest BCUT2D eigenvalue weighted by Gasteiger charge is -2.32. The Balaban J connectivity index is 1.30. The quantitative estimate of drug-likeness (QED) is 0.317. The topological polar surface area (TPSA) is 121 Å². The fourth-order valence-corrected chi connectivity index (χ4v) is 5.62. The second-order valence-corrected chi connectivity index (χ2v) is 12.7. The summed E-state index contributed by atoms with van der Waals surface area (Å²) in [5.41, 5.74) is 2.11. The molecule has 0 unspecified atom stereocenters. The van der Waals surface area contributed by atoms with E-state index in [1.165, 1.54) is 0 Å². The molecular weight excluding hydrogens is 516 g/mol. The SMILES string of the molecule is Cc1cnc(N[C@H]2CC[C@H](N[C@H](C)CC(=O)OC(C)(C)C)CC2)cc1-c1cccc(NCC2(C#N)CCOCC2)n1. The summed E-state index contributed by atoms with van der Waals surface area (Å²) in [6.45, 7) is 11.6. The molecule has 2 aromatic rings. The maximum atomic E-state index is 12.2. The highest BCUT2D eigenvalue weighted by atomic mass is 16.6. The lowest BCUT2D eigenvalue weighted by Crippen LogP contribution is -2.42. The van der Waals surface area contributed by atoms with Crippen LogP contribution in [0, 0.1) is 23.7 Å². The Morgan fingerprint density at radius 2 is 1.88 bits per heavy atom. The molecule has 2 aliphatic rings. The van der Waals surface area contributed by atoms with Crippen molar-refractivity contribution in [2.75, 3.05) is 30.4 Å². The molecule has 4 rings (SSSR count). The Morgan fingerprint density at radius 1 is 1.17 bits per heavy atom. The van der Waals surface area contributed by atoms with Crippen LogP contribution in [-0.4, -0.2) is 59.4 Å². The zero-order chi connectivity index (χ0) is 29.5. The highest BCUT2D eigenvalue weighted by molar-refractivity contribution is 5.70. The van der Waals surface area contributed by atoms with Crippen LogP contribution in [0.25, 0.3) is 11.3 Å². The predicted molar refractivity (Wildman–Crippen MR) is 162 cm³/mol. The third-order valence-electron chi connectivity index (χ3n) is 7.92. The van der Waals surface area contributed by atoms with Gasteiger partial charge in [0, 0.05) is 49.6 Å². The molecule has 222 valence electrons. The van der Waals surface area contributed by atoms with E-state index in [0.29, 0.717) is 38.3 Å². The van der Waals surface area contributed by atoms with E-state index in [-0.39, 0.29) is 12.0 Å². The van der Waals surface area contributed by atoms with Gasteiger partial charge in [0.15, 0.2) is 0 Å². The summed E-state index contributed by atoms with van der Waals surface area (Å²) in [5, 5.41) is 20.4. The number of nitrogens with one attached hydrogen (secondary N) is 3. The van der Waals surface area contributed by atoms with E-state index in [4.69, 9.17) is 14.5 Å². The summed E-state index contributed by atoms with van der Waals surface area (Å²) in [6, 6.07) is 11.4. The van der Waals surface area contributed by atoms with Crippen LogP contribution >= 0.6 is 0 Å². The minimum absolute atomic E-state index is 0.0838. The summed E-state index contributed by atoms with van der Waals surface area (Å²) in [4.78, 5) is 21.7. The number of carbonyl (C=O) groups is 1. The summed E-state index contributed by atoms with van der Waals surface area (Å²) >= 11 is 0. The Hall–Kier alpha value is -3.22. The first-order valence-corrected chi connectivity index (χ1v) is 15.0. The second kappa shape index (κ2) is 13.6. The fraction of sp³-hybridized carbons (Fsp3) is 0.625. The van der Waals surface area contributed by atoms with E-state index < -0.39 is 11.0 Å². The van der Waals surface area contributed by atoms with Crippen LogP contribution in [0.2, 0.25) is 0 Å². The van der Waals surface area contributed by atoms with Gasteiger partial charge in [-0.2, -0.15) is 5.26 Å². The number of aryl methyl sites for hydroxylation is 1. The zero-order valence-corrected chi connectivity index (χ0v) is 25.3. The van der Waals surface area contributed by atoms with Crippen LogP contribution in [0.3, 0.4) is 0 Å². The predicted octanol–water partition coefficient (Wildman–Crippen LogP) is 5.62. The van der Waals surface area contributed by atoms with Gasteiger partial charge in [0.1, 0.15) is 17.2 Å². The van der Waals surface area contributed by atoms with Gasteiger partial charge >= 0.3 is 5.97 Å². The number of nitriles is 1. The second-order valence-electron chi connectivity index (χ2n) is 12.7. The number of nitrogens with zero attached hydrogens (tertiary/aromatic N) is 3. The average Bonchev–Trinajstić information content (AvgIpc) is 2.93. The van der Waals surface area contributed by atoms with Gasteiger partial charge in [-0.3, -0.25) is 4.79 Å². The highest BCUT2D eigenvalue weighted by Crippen LogP contribution is 2.31. The van der Waals surface area contributed by atoms with Crippen molar-refractivity contribution in [3.05, 3.63) is 36.0 Å². The van der Waals surface area contributed by atoms with Crippen LogP contribution in [0.5, 0.6) is 0 Å². The number of hydrogen-bond acceptors (Lipinski definition) is 9. The Morgan fingerprint density at radius 3 is 2.56 bits per heavy atom. The van der Waals surface area contributed by atoms with Gasteiger partial charge in [-0.05, 0) is 96.9 Å². The lowest BCUT2D eigenvalue weighted by molar-refractivity contribution is -0.155. The van der Waals surface area contributed by atoms with E-state index >= 15 is 0 Å². The van der Waals surface area contributed by atoms with Gasteiger partial charge in [0.05, 0.1) is 23.6 Å². The van der Waals surface area contributed by atoms with Crippen LogP contribution in [-0.2, 0) is 14.3 Å². The molecular formula is C32H46N6O3. The summed E-state index contributed by atoms with van der Waals surface area (Å²) in [6.07, 6.45) is 7.90. The van der Waals surface area contributed by atoms with Gasteiger partial charge in [-0.1, -0.05) is 6.07 Å². The summed E-state index contributed by atoms with van der Waals surface area (Å²) < 4.78 is 10.9. The monoisotopic (exact) mass is 562 g/mol. The maximum absolute atomic E-state index is 12.2. The van der Waals surface area contributed by atoms with Crippen molar-refractivity contribution in [1.82, 2.24) is 15.3 Å². The van der Waals surface area contributed by atoms with Gasteiger partial charge in [-0.25, -0.2) is 9.97 Å². The molecule has 1 saturated heterocycles. The van der Waals surface area contributed by atoms with Gasteiger partial charge in [0.25, 0.3) is 0 Å². The molecule has 1 atom stereocenters. The molecule has 0 spiro atoms. The normalized spacial score (nSPS) is 21.4. The van der Waals surface area contributed by atoms with E-state index in [1.807, 2.05) is 45.2 Å². The first-order chi connectivity index (χ1) is 19.5. The van der Waals surface area contributed by atoms with Crippen LogP contribution in [0.1, 0.15) is 78.2 Å². The standard InChI is InChI=1S/C32H46N6O3/c1-22-19-34-29(37-25-11-9-24(10-12-25)36-23(2)17-30(39)41-31(3,4)5)18-26(22)27-7-6-8-28(38-27)35-21-32(20-33)13-15-40-16-14-32/h6-8,18-19,23-25,36H,9-17,21H2,1-5H3,(H,34,37)(H,35,38)/t23-,24-,25-/m1/s1. The van der Waals surface area contributed by atoms with Gasteiger partial charge < -0.3 is 25.4 Å². The number of hydrogen-bond donors (Lipinski definition) is 3. The van der Waals surface area contributed by atoms with Crippen molar-refractivity contribution in [3.8, 4) is 17.3 Å². The van der Waals surface area contributed by atoms with Crippen molar-refractivity contribution >= 4 is 17.6 Å². The lowest BCUT2D eigenvalue weighted by atomic mass is 9.82. The first-order valence-electron chi connectivity index (χ1n) is 15.0. The third-order valence-corrected chi connectivity index (χ3v) is 7.92. The Bertz CT molecular complexity index is 1210. The van der Waals surface area contributed by atoms with E-state index in [0.717, 1.165) is 67.0 Å². The molecule has 3 N–H and O–H groups in total. The fourth-order valence-electron chi connectivity index (χ4n) is 5.62. The molecule has 41 heavy (non-hydrogen) atoms. The van der Waals surface area contributed by atoms with Crippen LogP contribution in [0.4, 0.5) is 11.6 Å². The van der Waals surface area contributed by atoms with Crippen molar-refractivity contribution in [1.29, 1.82) is 5.26 Å². The zero-order valence-electron chi connectivity index (χ0n) is 25.3. The molecule has 9 heteroatoms. The highest BCUT2D eigenvalue weighted by Gasteiger charge is 2.32. The number of aromatic nitrogens is 2. The molecule has 1 aliphatic heterocycles. The van der Waals surface area contributed by atoms with Gasteiger partial charge in [0.2, 0.25) is 0 Å². The van der Waals surface area contributed by atoms with E-state index in [1.54, 1.807) is 0 Å². The van der Waals surface area contributed by atoms with Gasteiger partial charge in [-0.15, -0.1) is 0 Å². The number of rotatable bonds is 10. The Kier molecular flexibility index (Phi) is 10.2. The minimum Gasteiger partial charge on any atom is -0.460 e. The molecule has 0 amide bonds. The molecule has 2 aromatic heterocycles. The molecule has 0 bridgehead atoms. The van der Waals surface area contributed by atoms with E-state index in [2.05, 4.69) is 46.9 Å². The molecule has 1 saturated carbocycles. The molecule has 1 aliphatic carbocycles. The summed E-state index contributed by atoms with van der Waals surface area (Å²) in [7, 11) is 0. The largest absolute Gasteiger partial charge is 0.460 e. The number of ether oxygens (including phenoxy) is 2. The summed E-state index contributed by atoms with van der Waals surface area (Å²) in [5.74, 6) is 1.46. The molecule has 0 radical (unpaired) electrons. The number of esters is 1. The van der Waals surface area contributed by atoms with Crippen molar-refractivity contribution < 1.29 is 14.3 Å². The van der Waals surface area contributed by atoms with Crippen LogP contribution < -0.4 is 16.0 Å². The van der Waals surface area contributed by atoms with Crippen molar-refractivity contribution in [2.45, 2.75) is 103 Å². The van der Waals surface area contributed by atoms with E-state index in [9.17, 15) is 10.1 Å². The molecule has 2 fully saturated rings. The molecule has 0 aromatic carbocycles. The number of pyridine rings is 2. The van der Waals surface area contributed by atoms with Crippen molar-refractivity contribution in [3.63, 3.8) is 0 Å². The van der Waals surface area contributed by atoms with Crippen LogP contribution in [0.15, 0.2) is 30.5 Å². The van der Waals surface area contributed by atoms with Crippen molar-refractivity contribution in [2.24, 2.45) is 5.41 Å².